The van der Waals surface area contributed by atoms with E-state index in [0.717, 1.165) is 409 Å². The number of H-pyrrole nitrogens is 7. The van der Waals surface area contributed by atoms with Gasteiger partial charge >= 0.3 is 0 Å². The second-order valence-corrected chi connectivity index (χ2v) is 40.6. The maximum atomic E-state index is 11.8. The summed E-state index contributed by atoms with van der Waals surface area (Å²) in [6.45, 7) is 42.8. The summed E-state index contributed by atoms with van der Waals surface area (Å²) >= 11 is 13.9. The van der Waals surface area contributed by atoms with Gasteiger partial charge < -0.3 is 43.9 Å². The first-order valence-corrected chi connectivity index (χ1v) is 53.9. The molecule has 5 aromatic carbocycles. The molecule has 0 spiro atoms. The molecule has 0 unspecified atom stereocenters. The molecule has 0 amide bonds. The molecule has 756 valence electrons. The molecule has 18 aromatic rings. The van der Waals surface area contributed by atoms with Crippen molar-refractivity contribution in [2.75, 3.05) is 240 Å². The van der Waals surface area contributed by atoms with Crippen molar-refractivity contribution in [2.24, 2.45) is 0 Å². The molecule has 6 fully saturated rings. The van der Waals surface area contributed by atoms with Gasteiger partial charge in [0.2, 0.25) is 0 Å². The number of hydrogen-bond acceptors (Lipinski definition) is 39. The Labute approximate surface area is 864 Å². The largest absolute Gasteiger partial charge is 0.494 e. The van der Waals surface area contributed by atoms with E-state index in [9.17, 15) is 4.79 Å². The highest BCUT2D eigenvalue weighted by molar-refractivity contribution is 7.01. The van der Waals surface area contributed by atoms with E-state index in [1.807, 2.05) is 84.0 Å². The van der Waals surface area contributed by atoms with E-state index in [2.05, 4.69) is 244 Å². The fourth-order valence-electron chi connectivity index (χ4n) is 19.3. The van der Waals surface area contributed by atoms with Crippen LogP contribution in [0.3, 0.4) is 0 Å². The van der Waals surface area contributed by atoms with E-state index in [1.54, 1.807) is 20.4 Å². The van der Waals surface area contributed by atoms with Crippen LogP contribution >= 0.6 is 82.0 Å². The number of aromatic amines is 7. The second-order valence-electron chi connectivity index (χ2n) is 37.0. The second kappa shape index (κ2) is 48.1. The summed E-state index contributed by atoms with van der Waals surface area (Å²) in [6, 6.07) is 37.2. The lowest BCUT2D eigenvalue weighted by molar-refractivity contribution is 0.259. The van der Waals surface area contributed by atoms with Gasteiger partial charge in [0.1, 0.15) is 77.9 Å². The zero-order valence-electron chi connectivity index (χ0n) is 82.4. The number of aromatic nitrogens is 25. The molecule has 0 radical (unpaired) electrons. The van der Waals surface area contributed by atoms with Crippen molar-refractivity contribution < 1.29 is 9.47 Å². The van der Waals surface area contributed by atoms with Crippen LogP contribution in [0.5, 0.6) is 11.5 Å². The number of halogens is 1. The van der Waals surface area contributed by atoms with Crippen LogP contribution in [-0.4, -0.2) is 359 Å². The third-order valence-corrected chi connectivity index (χ3v) is 30.7. The third kappa shape index (κ3) is 25.2. The standard InChI is InChI=1S/2C17H22N6OS.C16H19ClN6S.2C16H20N6S.C15H19N7OS/c1-12-11-13(19-18-12)5-6-22-7-9-23(10-8-22)14-3-4-15(24-2)17-16(14)20-25-21-17;1-12-11-13(19-18-12)5-6-22-7-9-23(10-8-22)17-15(24-2)4-3-14-16(17)21-25-20-14;1-11-10-12(19-18-11)4-5-22-6-8-23(9-7-22)16-13(17)2-3-14-15(16)21-24-20-14;2*1-12-11-13(18-17-12)5-6-21-7-9-22(10-8-21)15-4-2-3-14-16(15)20-23-19-14;1-10-8-11(18-17-10)2-3-21-4-6-22(7-5-21)12-9-16-15(23)14-13(12)19-24-20-14/h2*3-4,11H,5-10H2,1-2H3,(H,18,19);2-3,10H,4-9H2,1H3,(H,18,19);2*2-4,11H,5-10H2,1H3,(H,17,18);8-9H,2-7H2,1H3,(H,16,23)(H,17,18). The predicted octanol–water partition coefficient (Wildman–Crippen LogP) is 11.9. The number of anilines is 6. The quantitative estimate of drug-likeness (QED) is 0.0265. The van der Waals surface area contributed by atoms with Crippen LogP contribution in [0.1, 0.15) is 68.3 Å². The minimum atomic E-state index is -0.171. The molecule has 19 heterocycles. The van der Waals surface area contributed by atoms with Gasteiger partial charge in [0.15, 0.2) is 5.52 Å². The van der Waals surface area contributed by atoms with Crippen LogP contribution < -0.4 is 44.4 Å². The average Bonchev–Trinajstić information content (AvgIpc) is 1.60. The van der Waals surface area contributed by atoms with Crippen LogP contribution in [0.25, 0.3) is 66.2 Å². The number of ether oxygens (including phenoxy) is 2. The Morgan fingerprint density at radius 3 is 0.896 bits per heavy atom. The highest BCUT2D eigenvalue weighted by Gasteiger charge is 2.30. The Morgan fingerprint density at radius 2 is 0.549 bits per heavy atom. The molecule has 13 aromatic heterocycles. The minimum absolute atomic E-state index is 0.171. The van der Waals surface area contributed by atoms with E-state index in [-0.39, 0.29) is 5.56 Å². The summed E-state index contributed by atoms with van der Waals surface area (Å²) in [6.07, 6.45) is 7.70. The highest BCUT2D eigenvalue weighted by atomic mass is 35.5. The van der Waals surface area contributed by atoms with Crippen LogP contribution in [0.4, 0.5) is 34.1 Å². The summed E-state index contributed by atoms with van der Waals surface area (Å²) in [7, 11) is 3.39. The molecule has 144 heavy (non-hydrogen) atoms. The lowest BCUT2D eigenvalue weighted by atomic mass is 10.2. The predicted molar refractivity (Wildman–Crippen MR) is 577 cm³/mol. The first-order chi connectivity index (χ1) is 70.5. The molecule has 6 aliphatic heterocycles. The Morgan fingerprint density at radius 1 is 0.278 bits per heavy atom. The third-order valence-electron chi connectivity index (χ3n) is 27.2. The zero-order chi connectivity index (χ0) is 98.8. The van der Waals surface area contributed by atoms with Gasteiger partial charge in [0, 0.05) is 275 Å². The van der Waals surface area contributed by atoms with Crippen molar-refractivity contribution in [3.63, 3.8) is 0 Å². The molecule has 6 saturated heterocycles. The summed E-state index contributed by atoms with van der Waals surface area (Å²) in [5, 5.41) is 44.7. The SMILES string of the molecule is COc1ccc(N2CCN(CCc3cc(C)[nH]n3)CC2)c2nsnc12.COc1ccc2nsnc2c1N1CCN(CCc2cc(C)[nH]n2)CC1.Cc1cc(CCN2CCN(c3c(Cl)ccc4nsnc34)CC2)n[nH]1.Cc1cc(CCN2CCN(c3c[nH]c(=O)c4nsnc34)CC2)n[nH]1.Cc1cc(CCN2CCN(c3cccc4nsnc34)CC2)n[nH]1.Cc1cc(CCN2CCN(c3cccc4nsnc34)CC2)n[nH]1. The number of fused-ring (bicyclic) bond motifs is 6. The summed E-state index contributed by atoms with van der Waals surface area (Å²) in [5.41, 5.74) is 30.9. The summed E-state index contributed by atoms with van der Waals surface area (Å²) in [5.74, 6) is 1.67. The van der Waals surface area contributed by atoms with E-state index < -0.39 is 0 Å². The number of benzene rings is 5. The molecule has 7 N–H and O–H groups in total. The Kier molecular flexibility index (Phi) is 33.5. The minimum Gasteiger partial charge on any atom is -0.494 e. The monoisotopic (exact) mass is 2080 g/mol. The van der Waals surface area contributed by atoms with Crippen molar-refractivity contribution in [2.45, 2.75) is 80.1 Å². The normalized spacial score (nSPS) is 16.1. The van der Waals surface area contributed by atoms with Gasteiger partial charge in [-0.15, -0.1) is 0 Å². The fourth-order valence-corrected chi connectivity index (χ4v) is 22.8. The van der Waals surface area contributed by atoms with E-state index in [4.69, 9.17) is 21.1 Å². The van der Waals surface area contributed by atoms with Gasteiger partial charge in [0.05, 0.1) is 152 Å². The molecule has 24 rings (SSSR count). The lowest BCUT2D eigenvalue weighted by Crippen LogP contribution is -2.47. The number of hydrogen-bond donors (Lipinski definition) is 7. The maximum absolute atomic E-state index is 11.8. The van der Waals surface area contributed by atoms with Crippen LogP contribution in [0.2, 0.25) is 5.02 Å². The molecular weight excluding hydrogens is 1960 g/mol. The topological polar surface area (TPSA) is 417 Å². The summed E-state index contributed by atoms with van der Waals surface area (Å²) < 4.78 is 63.4. The average molecular weight is 2080 g/mol. The van der Waals surface area contributed by atoms with Crippen LogP contribution in [0, 0.1) is 41.5 Å². The fraction of sp³-hybridized carbons (Fsp3) is 0.454. The number of pyridine rings is 1. The van der Waals surface area contributed by atoms with Gasteiger partial charge in [0.25, 0.3) is 5.56 Å². The van der Waals surface area contributed by atoms with Gasteiger partial charge in [-0.1, -0.05) is 23.7 Å². The lowest BCUT2D eigenvalue weighted by Gasteiger charge is -2.36. The molecule has 0 atom stereocenters. The molecule has 0 saturated carbocycles. The van der Waals surface area contributed by atoms with Gasteiger partial charge in [-0.25, -0.2) is 0 Å². The molecule has 6 aliphatic rings. The molecule has 0 aliphatic carbocycles. The van der Waals surface area contributed by atoms with Crippen molar-refractivity contribution in [1.82, 2.24) is 148 Å². The maximum Gasteiger partial charge on any atom is 0.277 e. The van der Waals surface area contributed by atoms with Crippen molar-refractivity contribution in [3.8, 4) is 11.5 Å². The van der Waals surface area contributed by atoms with E-state index in [0.29, 0.717) is 11.0 Å². The summed E-state index contributed by atoms with van der Waals surface area (Å²) in [4.78, 5) is 43.7. The molecule has 0 bridgehead atoms. The smallest absolute Gasteiger partial charge is 0.277 e. The van der Waals surface area contributed by atoms with Gasteiger partial charge in [-0.2, -0.15) is 83.1 Å². The zero-order valence-corrected chi connectivity index (χ0v) is 88.0. The first kappa shape index (κ1) is 100. The van der Waals surface area contributed by atoms with Gasteiger partial charge in [-0.05, 0) is 139 Å². The van der Waals surface area contributed by atoms with Gasteiger partial charge in [-0.3, -0.25) is 64.8 Å². The van der Waals surface area contributed by atoms with E-state index in [1.165, 1.54) is 70.0 Å². The molecule has 40 nitrogen and oxygen atoms in total. The number of aryl methyl sites for hydroxylation is 6. The molecule has 47 heteroatoms. The Hall–Kier alpha value is -12.3. The number of piperazine rings is 6. The Bertz CT molecular complexity index is 7050. The van der Waals surface area contributed by atoms with Crippen LogP contribution in [-0.2, 0) is 38.5 Å². The number of rotatable bonds is 26. The van der Waals surface area contributed by atoms with Crippen molar-refractivity contribution in [1.29, 1.82) is 0 Å². The van der Waals surface area contributed by atoms with Crippen molar-refractivity contribution in [3.05, 3.63) is 199 Å². The van der Waals surface area contributed by atoms with Crippen LogP contribution in [0.15, 0.2) is 120 Å². The molecular formula is C97H122ClN37O3S6. The van der Waals surface area contributed by atoms with Crippen molar-refractivity contribution >= 4 is 182 Å². The Balaban J connectivity index is 0.000000109. The number of methoxy groups -OCH3 is 2. The van der Waals surface area contributed by atoms with E-state index >= 15 is 0 Å². The first-order valence-electron chi connectivity index (χ1n) is 49.1. The number of nitrogens with one attached hydrogen (secondary N) is 7. The number of nitrogens with zero attached hydrogens (tertiary/aromatic N) is 30. The highest BCUT2D eigenvalue weighted by Crippen LogP contribution is 2.39.